The Labute approximate surface area is 178 Å². The molecule has 2 aromatic rings. The zero-order valence-corrected chi connectivity index (χ0v) is 18.3. The lowest BCUT2D eigenvalue weighted by Crippen LogP contribution is -2.53. The van der Waals surface area contributed by atoms with E-state index in [1.165, 1.54) is 28.4 Å². The fourth-order valence-corrected chi connectivity index (χ4v) is 4.51. The summed E-state index contributed by atoms with van der Waals surface area (Å²) in [5.41, 5.74) is 5.59. The van der Waals surface area contributed by atoms with Gasteiger partial charge in [0.15, 0.2) is 5.13 Å². The van der Waals surface area contributed by atoms with Crippen LogP contribution in [0.5, 0.6) is 0 Å². The lowest BCUT2D eigenvalue weighted by atomic mass is 9.85. The van der Waals surface area contributed by atoms with Crippen LogP contribution in [0.3, 0.4) is 0 Å². The van der Waals surface area contributed by atoms with E-state index >= 15 is 0 Å². The van der Waals surface area contributed by atoms with Crippen molar-refractivity contribution in [1.29, 1.82) is 0 Å². The van der Waals surface area contributed by atoms with Crippen LogP contribution in [0.2, 0.25) is 0 Å². The number of benzene rings is 1. The van der Waals surface area contributed by atoms with E-state index in [2.05, 4.69) is 10.3 Å². The number of thiazole rings is 1. The van der Waals surface area contributed by atoms with E-state index in [-0.39, 0.29) is 11.5 Å². The molecule has 0 aliphatic carbocycles. The van der Waals surface area contributed by atoms with Gasteiger partial charge >= 0.3 is 0 Å². The first-order valence-corrected chi connectivity index (χ1v) is 10.6. The first kappa shape index (κ1) is 22.1. The predicted molar refractivity (Wildman–Crippen MR) is 113 cm³/mol. The number of nitrogens with one attached hydrogen (secondary N) is 1. The smallest absolute Gasteiger partial charge is 0.246 e. The Hall–Kier alpha value is -2.55. The van der Waals surface area contributed by atoms with Crippen LogP contribution in [-0.2, 0) is 9.59 Å². The lowest BCUT2D eigenvalue weighted by Gasteiger charge is -2.35. The molecule has 30 heavy (non-hydrogen) atoms. The molecule has 9 heteroatoms. The van der Waals surface area contributed by atoms with Crippen molar-refractivity contribution < 1.29 is 18.4 Å². The summed E-state index contributed by atoms with van der Waals surface area (Å²) < 4.78 is 27.5. The first-order chi connectivity index (χ1) is 14.0. The van der Waals surface area contributed by atoms with E-state index in [1.54, 1.807) is 6.92 Å². The Morgan fingerprint density at radius 3 is 2.63 bits per heavy atom. The maximum Gasteiger partial charge on any atom is 0.246 e. The number of hydrogen-bond acceptors (Lipinski definition) is 5. The summed E-state index contributed by atoms with van der Waals surface area (Å²) in [4.78, 5) is 31.8. The number of aromatic nitrogens is 1. The minimum absolute atomic E-state index is 0.199. The summed E-state index contributed by atoms with van der Waals surface area (Å²) in [6, 6.07) is 2.09. The molecule has 3 rings (SSSR count). The van der Waals surface area contributed by atoms with Crippen molar-refractivity contribution >= 4 is 28.3 Å². The van der Waals surface area contributed by atoms with Gasteiger partial charge in [-0.3, -0.25) is 9.59 Å². The number of carbonyl (C=O) groups is 2. The van der Waals surface area contributed by atoms with Gasteiger partial charge in [-0.2, -0.15) is 0 Å². The number of rotatable bonds is 5. The van der Waals surface area contributed by atoms with E-state index in [4.69, 9.17) is 5.73 Å². The molecule has 0 spiro atoms. The zero-order chi connectivity index (χ0) is 22.2. The number of primary amides is 1. The molecule has 162 valence electrons. The van der Waals surface area contributed by atoms with E-state index in [9.17, 15) is 18.4 Å². The Balaban J connectivity index is 1.90. The molecule has 1 aliphatic rings. The van der Waals surface area contributed by atoms with Crippen LogP contribution in [0, 0.1) is 24.0 Å². The van der Waals surface area contributed by atoms with Gasteiger partial charge in [0, 0.05) is 23.1 Å². The zero-order valence-electron chi connectivity index (χ0n) is 17.5. The minimum atomic E-state index is -0.695. The van der Waals surface area contributed by atoms with E-state index in [1.807, 2.05) is 20.8 Å². The predicted octanol–water partition coefficient (Wildman–Crippen LogP) is 3.70. The van der Waals surface area contributed by atoms with Gasteiger partial charge in [0.05, 0.1) is 5.69 Å². The molecule has 2 heterocycles. The molecule has 3 N–H and O–H groups in total. The highest BCUT2D eigenvalue weighted by molar-refractivity contribution is 7.16. The fraction of sp³-hybridized carbons (Fsp3) is 0.476. The number of likely N-dealkylation sites (tertiary alicyclic amines) is 1. The summed E-state index contributed by atoms with van der Waals surface area (Å²) in [5.74, 6) is -2.07. The van der Waals surface area contributed by atoms with Gasteiger partial charge in [-0.15, -0.1) is 11.3 Å². The fourth-order valence-electron chi connectivity index (χ4n) is 3.65. The largest absolute Gasteiger partial charge is 0.368 e. The van der Waals surface area contributed by atoms with Crippen molar-refractivity contribution in [3.8, 4) is 11.3 Å². The highest BCUT2D eigenvalue weighted by Gasteiger charge is 2.41. The number of aryl methyl sites for hydroxylation is 1. The van der Waals surface area contributed by atoms with Crippen LogP contribution < -0.4 is 11.1 Å². The second kappa shape index (κ2) is 8.29. The molecular formula is C21H26F2N4O2S. The van der Waals surface area contributed by atoms with Crippen LogP contribution in [0.1, 0.15) is 38.5 Å². The number of anilines is 1. The van der Waals surface area contributed by atoms with Crippen molar-refractivity contribution in [3.63, 3.8) is 0 Å². The van der Waals surface area contributed by atoms with Crippen LogP contribution in [-0.4, -0.2) is 40.3 Å². The van der Waals surface area contributed by atoms with Crippen molar-refractivity contribution in [1.82, 2.24) is 9.88 Å². The topological polar surface area (TPSA) is 88.3 Å². The minimum Gasteiger partial charge on any atom is -0.368 e. The molecular weight excluding hydrogens is 410 g/mol. The molecule has 1 aromatic carbocycles. The Kier molecular flexibility index (Phi) is 6.12. The average molecular weight is 437 g/mol. The van der Waals surface area contributed by atoms with Crippen LogP contribution in [0.4, 0.5) is 13.9 Å². The van der Waals surface area contributed by atoms with Crippen molar-refractivity contribution in [2.24, 2.45) is 11.1 Å². The van der Waals surface area contributed by atoms with Gasteiger partial charge in [-0.1, -0.05) is 20.8 Å². The second-order valence-electron chi connectivity index (χ2n) is 8.58. The third kappa shape index (κ3) is 4.45. The Bertz CT molecular complexity index is 970. The molecule has 6 nitrogen and oxygen atoms in total. The summed E-state index contributed by atoms with van der Waals surface area (Å²) in [6.45, 7) is 8.01. The van der Waals surface area contributed by atoms with Crippen LogP contribution >= 0.6 is 11.3 Å². The molecule has 1 fully saturated rings. The highest BCUT2D eigenvalue weighted by atomic mass is 32.1. The number of carbonyl (C=O) groups excluding carboxylic acids is 2. The second-order valence-corrected chi connectivity index (χ2v) is 9.79. The van der Waals surface area contributed by atoms with Gasteiger partial charge in [0.2, 0.25) is 11.8 Å². The molecule has 1 aromatic heterocycles. The Morgan fingerprint density at radius 2 is 2.03 bits per heavy atom. The summed E-state index contributed by atoms with van der Waals surface area (Å²) in [7, 11) is 0. The maximum absolute atomic E-state index is 14.2. The van der Waals surface area contributed by atoms with E-state index in [0.717, 1.165) is 17.4 Å². The molecule has 1 aliphatic heterocycles. The summed E-state index contributed by atoms with van der Waals surface area (Å²) in [6.07, 6.45) is 1.28. The summed E-state index contributed by atoms with van der Waals surface area (Å²) >= 11 is 1.29. The SMILES string of the molecule is Cc1sc(N[C@H](C(=O)N2CCCC2C(N)=O)C(C)(C)C)nc1-c1ccc(F)cc1F. The molecule has 2 atom stereocenters. The standard InChI is InChI=1S/C21H26F2N4O2S/c1-11-16(13-8-7-12(22)10-14(13)23)25-20(30-11)26-17(21(2,3)4)19(29)27-9-5-6-15(27)18(24)28/h7-8,10,15,17H,5-6,9H2,1-4H3,(H2,24,28)(H,25,26)/t15?,17-/m1/s1. The quantitative estimate of drug-likeness (QED) is 0.748. The maximum atomic E-state index is 14.2. The number of halogens is 2. The lowest BCUT2D eigenvalue weighted by molar-refractivity contribution is -0.139. The number of hydrogen-bond donors (Lipinski definition) is 2. The van der Waals surface area contributed by atoms with Crippen molar-refractivity contribution in [2.45, 2.75) is 52.6 Å². The third-order valence-corrected chi connectivity index (χ3v) is 6.13. The van der Waals surface area contributed by atoms with Gasteiger partial charge in [0.25, 0.3) is 0 Å². The van der Waals surface area contributed by atoms with Gasteiger partial charge in [-0.25, -0.2) is 13.8 Å². The van der Waals surface area contributed by atoms with Crippen molar-refractivity contribution in [2.75, 3.05) is 11.9 Å². The Morgan fingerprint density at radius 1 is 1.33 bits per heavy atom. The van der Waals surface area contributed by atoms with E-state index < -0.39 is 35.0 Å². The van der Waals surface area contributed by atoms with Crippen LogP contribution in [0.15, 0.2) is 18.2 Å². The molecule has 1 saturated heterocycles. The monoisotopic (exact) mass is 436 g/mol. The normalized spacial score (nSPS) is 17.8. The van der Waals surface area contributed by atoms with Gasteiger partial charge in [-0.05, 0) is 37.3 Å². The molecule has 1 unspecified atom stereocenters. The number of nitrogens with two attached hydrogens (primary N) is 1. The molecule has 0 saturated carbocycles. The van der Waals surface area contributed by atoms with Crippen molar-refractivity contribution in [3.05, 3.63) is 34.7 Å². The summed E-state index contributed by atoms with van der Waals surface area (Å²) in [5, 5.41) is 3.64. The van der Waals surface area contributed by atoms with Gasteiger partial charge < -0.3 is 16.0 Å². The van der Waals surface area contributed by atoms with E-state index in [0.29, 0.717) is 23.8 Å². The van der Waals surface area contributed by atoms with Crippen LogP contribution in [0.25, 0.3) is 11.3 Å². The molecule has 2 amide bonds. The number of amides is 2. The molecule has 0 bridgehead atoms. The highest BCUT2D eigenvalue weighted by Crippen LogP contribution is 2.35. The van der Waals surface area contributed by atoms with Gasteiger partial charge in [0.1, 0.15) is 23.7 Å². The first-order valence-electron chi connectivity index (χ1n) is 9.78. The molecule has 0 radical (unpaired) electrons. The average Bonchev–Trinajstić information content (AvgIpc) is 3.25. The number of nitrogens with zero attached hydrogens (tertiary/aromatic N) is 2. The third-order valence-electron chi connectivity index (χ3n) is 5.23.